The molecule has 1 amide bonds. The molecule has 2 atom stereocenters. The van der Waals surface area contributed by atoms with Gasteiger partial charge in [-0.15, -0.1) is 0 Å². The van der Waals surface area contributed by atoms with E-state index >= 15 is 0 Å². The van der Waals surface area contributed by atoms with Gasteiger partial charge >= 0.3 is 0 Å². The summed E-state index contributed by atoms with van der Waals surface area (Å²) >= 11 is 0. The number of carbonyl (C=O) groups is 1. The number of fused-ring (bicyclic) bond motifs is 2. The van der Waals surface area contributed by atoms with Crippen LogP contribution in [0, 0.1) is 17.3 Å². The Bertz CT molecular complexity index is 726. The molecule has 2 aliphatic heterocycles. The van der Waals surface area contributed by atoms with Gasteiger partial charge in [-0.1, -0.05) is 6.42 Å². The number of amides is 1. The smallest absolute Gasteiger partial charge is 0.267 e. The van der Waals surface area contributed by atoms with E-state index in [-0.39, 0.29) is 5.60 Å². The second-order valence-corrected chi connectivity index (χ2v) is 9.12. The van der Waals surface area contributed by atoms with Crippen LogP contribution in [-0.2, 0) is 15.1 Å². The summed E-state index contributed by atoms with van der Waals surface area (Å²) in [5.74, 6) is 0.396. The number of hydrogen-bond acceptors (Lipinski definition) is 5. The van der Waals surface area contributed by atoms with Gasteiger partial charge in [-0.2, -0.15) is 0 Å². The van der Waals surface area contributed by atoms with Crippen LogP contribution in [0.25, 0.3) is 0 Å². The van der Waals surface area contributed by atoms with Crippen LogP contribution in [0.4, 0.5) is 0 Å². The summed E-state index contributed by atoms with van der Waals surface area (Å²) in [6.45, 7) is 4.05. The molecule has 27 heavy (non-hydrogen) atoms. The molecule has 2 aliphatic carbocycles. The number of ether oxygens (including phenoxy) is 2. The lowest BCUT2D eigenvalue weighted by atomic mass is 9.59. The Morgan fingerprint density at radius 1 is 1.30 bits per heavy atom. The van der Waals surface area contributed by atoms with Crippen molar-refractivity contribution >= 4 is 5.91 Å². The van der Waals surface area contributed by atoms with Crippen molar-refractivity contribution < 1.29 is 14.3 Å². The van der Waals surface area contributed by atoms with Gasteiger partial charge in [0.15, 0.2) is 0 Å². The van der Waals surface area contributed by atoms with Crippen LogP contribution < -0.4 is 5.73 Å². The third kappa shape index (κ3) is 2.57. The molecule has 2 N–H and O–H groups in total. The molecule has 2 bridgehead atoms. The number of nitrogens with zero attached hydrogens (tertiary/aromatic N) is 2. The van der Waals surface area contributed by atoms with E-state index < -0.39 is 5.91 Å². The normalized spacial score (nSPS) is 35.4. The van der Waals surface area contributed by atoms with Gasteiger partial charge in [-0.3, -0.25) is 14.7 Å². The predicted octanol–water partition coefficient (Wildman–Crippen LogP) is 1.93. The maximum atomic E-state index is 11.7. The molecule has 5 rings (SSSR count). The first kappa shape index (κ1) is 17.6. The summed E-state index contributed by atoms with van der Waals surface area (Å²) in [5, 5.41) is 0. The van der Waals surface area contributed by atoms with Gasteiger partial charge < -0.3 is 15.2 Å². The average molecular weight is 371 g/mol. The second-order valence-electron chi connectivity index (χ2n) is 9.12. The van der Waals surface area contributed by atoms with E-state index in [2.05, 4.69) is 9.88 Å². The minimum atomic E-state index is -0.479. The van der Waals surface area contributed by atoms with Gasteiger partial charge in [0, 0.05) is 49.7 Å². The first-order valence-corrected chi connectivity index (χ1v) is 10.2. The molecule has 1 spiro atoms. The van der Waals surface area contributed by atoms with Crippen molar-refractivity contribution in [2.45, 2.75) is 43.7 Å². The van der Waals surface area contributed by atoms with E-state index in [1.54, 1.807) is 6.20 Å². The third-order valence-electron chi connectivity index (χ3n) is 7.70. The molecule has 0 aromatic carbocycles. The molecule has 4 aliphatic rings. The van der Waals surface area contributed by atoms with Gasteiger partial charge in [-0.25, -0.2) is 0 Å². The van der Waals surface area contributed by atoms with Crippen LogP contribution in [-0.4, -0.2) is 55.2 Å². The monoisotopic (exact) mass is 371 g/mol. The summed E-state index contributed by atoms with van der Waals surface area (Å²) in [4.78, 5) is 18.5. The number of pyridine rings is 1. The SMILES string of the molecule is COC1(c2ccnc(C(N)=O)c2)C2CCCC1CN(C1CC3(COC3)C1)C2. The highest BCUT2D eigenvalue weighted by atomic mass is 16.5. The van der Waals surface area contributed by atoms with Crippen LogP contribution in [0.1, 0.15) is 48.2 Å². The Kier molecular flexibility index (Phi) is 4.08. The van der Waals surface area contributed by atoms with Gasteiger partial charge in [0.25, 0.3) is 5.91 Å². The first-order chi connectivity index (χ1) is 13.1. The number of piperidine rings is 1. The maximum Gasteiger partial charge on any atom is 0.267 e. The van der Waals surface area contributed by atoms with E-state index in [0.29, 0.717) is 29.0 Å². The molecule has 146 valence electrons. The molecule has 2 saturated heterocycles. The summed E-state index contributed by atoms with van der Waals surface area (Å²) in [6.07, 6.45) is 7.85. The van der Waals surface area contributed by atoms with Crippen molar-refractivity contribution in [3.05, 3.63) is 29.6 Å². The molecule has 1 aromatic heterocycles. The van der Waals surface area contributed by atoms with Crippen molar-refractivity contribution in [1.82, 2.24) is 9.88 Å². The Hall–Kier alpha value is -1.50. The second kappa shape index (κ2) is 6.26. The van der Waals surface area contributed by atoms with Crippen molar-refractivity contribution in [3.63, 3.8) is 0 Å². The molecule has 2 saturated carbocycles. The zero-order valence-electron chi connectivity index (χ0n) is 16.0. The molecular weight excluding hydrogens is 342 g/mol. The Labute approximate surface area is 160 Å². The number of rotatable bonds is 4. The van der Waals surface area contributed by atoms with Crippen LogP contribution in [0.15, 0.2) is 18.3 Å². The molecule has 6 nitrogen and oxygen atoms in total. The molecule has 6 heteroatoms. The van der Waals surface area contributed by atoms with Crippen LogP contribution in [0.3, 0.4) is 0 Å². The number of aromatic nitrogens is 1. The summed E-state index contributed by atoms with van der Waals surface area (Å²) in [7, 11) is 1.83. The number of nitrogens with two attached hydrogens (primary N) is 1. The van der Waals surface area contributed by atoms with Crippen LogP contribution >= 0.6 is 0 Å². The van der Waals surface area contributed by atoms with Crippen LogP contribution in [0.5, 0.6) is 0 Å². The van der Waals surface area contributed by atoms with Gasteiger partial charge in [-0.05, 0) is 43.4 Å². The minimum Gasteiger partial charge on any atom is -0.380 e. The van der Waals surface area contributed by atoms with E-state index in [1.165, 1.54) is 19.3 Å². The van der Waals surface area contributed by atoms with Crippen molar-refractivity contribution in [3.8, 4) is 0 Å². The molecular formula is C21H29N3O3. The number of likely N-dealkylation sites (tertiary alicyclic amines) is 1. The third-order valence-corrected chi connectivity index (χ3v) is 7.70. The fourth-order valence-corrected chi connectivity index (χ4v) is 6.32. The topological polar surface area (TPSA) is 77.7 Å². The highest BCUT2D eigenvalue weighted by molar-refractivity contribution is 5.90. The molecule has 4 fully saturated rings. The molecule has 0 radical (unpaired) electrons. The standard InChI is InChI=1S/C21H29N3O3/c1-26-21(14-5-6-23-18(7-14)19(22)25)15-3-2-4-16(21)11-24(10-15)17-8-20(9-17)12-27-13-20/h5-7,15-17H,2-4,8-13H2,1H3,(H2,22,25). The molecule has 2 unspecified atom stereocenters. The summed E-state index contributed by atoms with van der Waals surface area (Å²) in [6, 6.07) is 4.57. The van der Waals surface area contributed by atoms with Crippen molar-refractivity contribution in [1.29, 1.82) is 0 Å². The summed E-state index contributed by atoms with van der Waals surface area (Å²) < 4.78 is 11.7. The fraction of sp³-hybridized carbons (Fsp3) is 0.714. The number of carbonyl (C=O) groups excluding carboxylic acids is 1. The lowest BCUT2D eigenvalue weighted by Gasteiger charge is -2.61. The average Bonchev–Trinajstić information content (AvgIpc) is 2.58. The number of methoxy groups -OCH3 is 1. The van der Waals surface area contributed by atoms with E-state index in [0.717, 1.165) is 44.7 Å². The Balaban J connectivity index is 1.42. The first-order valence-electron chi connectivity index (χ1n) is 10.2. The fourth-order valence-electron chi connectivity index (χ4n) is 6.32. The number of hydrogen-bond donors (Lipinski definition) is 1. The highest BCUT2D eigenvalue weighted by Crippen LogP contribution is 2.55. The van der Waals surface area contributed by atoms with E-state index in [9.17, 15) is 4.79 Å². The number of primary amides is 1. The zero-order valence-corrected chi connectivity index (χ0v) is 16.0. The van der Waals surface area contributed by atoms with Gasteiger partial charge in [0.05, 0.1) is 13.2 Å². The van der Waals surface area contributed by atoms with Crippen molar-refractivity contribution in [2.24, 2.45) is 23.0 Å². The van der Waals surface area contributed by atoms with Crippen molar-refractivity contribution in [2.75, 3.05) is 33.4 Å². The van der Waals surface area contributed by atoms with E-state index in [4.69, 9.17) is 15.2 Å². The van der Waals surface area contributed by atoms with Crippen LogP contribution in [0.2, 0.25) is 0 Å². The largest absolute Gasteiger partial charge is 0.380 e. The predicted molar refractivity (Wildman–Crippen MR) is 100 cm³/mol. The Morgan fingerprint density at radius 2 is 2.00 bits per heavy atom. The van der Waals surface area contributed by atoms with Gasteiger partial charge in [0.1, 0.15) is 11.3 Å². The quantitative estimate of drug-likeness (QED) is 0.875. The zero-order chi connectivity index (χ0) is 18.6. The van der Waals surface area contributed by atoms with E-state index in [1.807, 2.05) is 19.2 Å². The minimum absolute atomic E-state index is 0.329. The Morgan fingerprint density at radius 3 is 2.56 bits per heavy atom. The molecule has 1 aromatic rings. The van der Waals surface area contributed by atoms with Gasteiger partial charge in [0.2, 0.25) is 0 Å². The highest BCUT2D eigenvalue weighted by Gasteiger charge is 2.57. The lowest BCUT2D eigenvalue weighted by Crippen LogP contribution is -2.66. The summed E-state index contributed by atoms with van der Waals surface area (Å²) in [5.41, 5.74) is 7.05. The maximum absolute atomic E-state index is 11.7. The lowest BCUT2D eigenvalue weighted by molar-refractivity contribution is -0.215. The molecule has 3 heterocycles.